The van der Waals surface area contributed by atoms with Gasteiger partial charge in [-0.2, -0.15) is 5.26 Å². The van der Waals surface area contributed by atoms with Gasteiger partial charge in [-0.15, -0.1) is 0 Å². The molecule has 1 aromatic carbocycles. The number of nitriles is 1. The summed E-state index contributed by atoms with van der Waals surface area (Å²) in [5.41, 5.74) is 1.20. The number of aromatic carboxylic acids is 1. The average Bonchev–Trinajstić information content (AvgIpc) is 2.16. The Morgan fingerprint density at radius 2 is 2.07 bits per heavy atom. The van der Waals surface area contributed by atoms with Gasteiger partial charge in [-0.3, -0.25) is 0 Å². The lowest BCUT2D eigenvalue weighted by atomic mass is 10.1. The van der Waals surface area contributed by atoms with Crippen molar-refractivity contribution >= 4 is 11.7 Å². The van der Waals surface area contributed by atoms with Crippen LogP contribution in [-0.2, 0) is 0 Å². The molecule has 0 fully saturated rings. The van der Waals surface area contributed by atoms with E-state index >= 15 is 0 Å². The Kier molecular flexibility index (Phi) is 2.73. The molecule has 0 saturated carbocycles. The molecule has 0 bridgehead atoms. The quantitative estimate of drug-likeness (QED) is 0.763. The summed E-state index contributed by atoms with van der Waals surface area (Å²) in [6.07, 6.45) is 0. The minimum Gasteiger partial charge on any atom is -0.478 e. The third-order valence-electron chi connectivity index (χ3n) is 1.81. The van der Waals surface area contributed by atoms with E-state index < -0.39 is 5.97 Å². The van der Waals surface area contributed by atoms with Crippen molar-refractivity contribution in [2.45, 2.75) is 0 Å². The van der Waals surface area contributed by atoms with Gasteiger partial charge in [0.25, 0.3) is 0 Å². The molecule has 0 amide bonds. The van der Waals surface area contributed by atoms with Crippen molar-refractivity contribution in [3.05, 3.63) is 29.3 Å². The summed E-state index contributed by atoms with van der Waals surface area (Å²) in [7, 11) is 3.59. The zero-order valence-corrected chi connectivity index (χ0v) is 7.98. The number of anilines is 1. The Morgan fingerprint density at radius 3 is 2.50 bits per heavy atom. The molecular formula is C10H10N2O2. The van der Waals surface area contributed by atoms with E-state index in [2.05, 4.69) is 0 Å². The van der Waals surface area contributed by atoms with Gasteiger partial charge in [-0.1, -0.05) is 0 Å². The molecule has 0 aliphatic carbocycles. The minimum atomic E-state index is -1.02. The minimum absolute atomic E-state index is 0.132. The average molecular weight is 190 g/mol. The molecule has 0 aromatic heterocycles. The second kappa shape index (κ2) is 3.79. The fraction of sp³-hybridized carbons (Fsp3) is 0.200. The molecule has 1 aromatic rings. The molecule has 0 radical (unpaired) electrons. The van der Waals surface area contributed by atoms with Gasteiger partial charge >= 0.3 is 5.97 Å². The molecule has 4 nitrogen and oxygen atoms in total. The summed E-state index contributed by atoms with van der Waals surface area (Å²) in [5, 5.41) is 17.5. The topological polar surface area (TPSA) is 64.3 Å². The van der Waals surface area contributed by atoms with Gasteiger partial charge in [0.2, 0.25) is 0 Å². The summed E-state index contributed by atoms with van der Waals surface area (Å²) >= 11 is 0. The van der Waals surface area contributed by atoms with E-state index in [1.807, 2.05) is 6.07 Å². The van der Waals surface area contributed by atoms with Crippen molar-refractivity contribution in [2.24, 2.45) is 0 Å². The maximum atomic E-state index is 10.7. The summed E-state index contributed by atoms with van der Waals surface area (Å²) in [4.78, 5) is 12.5. The molecule has 0 aliphatic rings. The van der Waals surface area contributed by atoms with Crippen molar-refractivity contribution in [3.8, 4) is 6.07 Å². The van der Waals surface area contributed by atoms with Crippen molar-refractivity contribution in [2.75, 3.05) is 19.0 Å². The lowest BCUT2D eigenvalue weighted by molar-refractivity contribution is 0.0697. The van der Waals surface area contributed by atoms with E-state index in [0.717, 1.165) is 0 Å². The van der Waals surface area contributed by atoms with Crippen LogP contribution in [0.4, 0.5) is 5.69 Å². The third kappa shape index (κ3) is 2.02. The van der Waals surface area contributed by atoms with E-state index in [9.17, 15) is 4.79 Å². The molecule has 0 saturated heterocycles. The highest BCUT2D eigenvalue weighted by atomic mass is 16.4. The largest absolute Gasteiger partial charge is 0.478 e. The first-order chi connectivity index (χ1) is 6.54. The zero-order valence-electron chi connectivity index (χ0n) is 7.98. The van der Waals surface area contributed by atoms with Crippen LogP contribution in [0.15, 0.2) is 18.2 Å². The number of rotatable bonds is 2. The van der Waals surface area contributed by atoms with Gasteiger partial charge in [0, 0.05) is 19.8 Å². The number of carbonyl (C=O) groups is 1. The van der Waals surface area contributed by atoms with Gasteiger partial charge in [0.1, 0.15) is 0 Å². The van der Waals surface area contributed by atoms with Crippen LogP contribution in [-0.4, -0.2) is 25.2 Å². The van der Waals surface area contributed by atoms with E-state index in [1.165, 1.54) is 12.1 Å². The van der Waals surface area contributed by atoms with E-state index in [4.69, 9.17) is 10.4 Å². The first-order valence-corrected chi connectivity index (χ1v) is 4.00. The van der Waals surface area contributed by atoms with Gasteiger partial charge in [0.05, 0.1) is 17.2 Å². The Balaban J connectivity index is 3.29. The lowest BCUT2D eigenvalue weighted by Crippen LogP contribution is -2.10. The van der Waals surface area contributed by atoms with Gasteiger partial charge in [-0.25, -0.2) is 4.79 Å². The highest BCUT2D eigenvalue weighted by Crippen LogP contribution is 2.16. The number of hydrogen-bond donors (Lipinski definition) is 1. The second-order valence-corrected chi connectivity index (χ2v) is 3.08. The Bertz CT molecular complexity index is 405. The predicted octanol–water partition coefficient (Wildman–Crippen LogP) is 1.32. The van der Waals surface area contributed by atoms with E-state index in [1.54, 1.807) is 25.1 Å². The highest BCUT2D eigenvalue weighted by molar-refractivity contribution is 5.89. The number of benzene rings is 1. The normalized spacial score (nSPS) is 9.21. The standard InChI is InChI=1S/C10H10N2O2/c1-12(2)9-4-7(6-11)3-8(5-9)10(13)14/h3-5H,1-2H3,(H,13,14). The van der Waals surface area contributed by atoms with Crippen LogP contribution in [0.5, 0.6) is 0 Å². The molecule has 0 unspecified atom stereocenters. The molecule has 0 heterocycles. The Labute approximate surface area is 82.0 Å². The molecule has 0 spiro atoms. The van der Waals surface area contributed by atoms with Gasteiger partial charge < -0.3 is 10.0 Å². The highest BCUT2D eigenvalue weighted by Gasteiger charge is 2.07. The van der Waals surface area contributed by atoms with Crippen LogP contribution in [0.3, 0.4) is 0 Å². The van der Waals surface area contributed by atoms with Crippen LogP contribution in [0.2, 0.25) is 0 Å². The SMILES string of the molecule is CN(C)c1cc(C#N)cc(C(=O)O)c1. The summed E-state index contributed by atoms with van der Waals surface area (Å²) in [6.45, 7) is 0. The van der Waals surface area contributed by atoms with Crippen molar-refractivity contribution in [1.29, 1.82) is 5.26 Å². The van der Waals surface area contributed by atoms with Crippen LogP contribution in [0.25, 0.3) is 0 Å². The van der Waals surface area contributed by atoms with Crippen molar-refractivity contribution in [3.63, 3.8) is 0 Å². The van der Waals surface area contributed by atoms with Crippen LogP contribution in [0.1, 0.15) is 15.9 Å². The Morgan fingerprint density at radius 1 is 1.43 bits per heavy atom. The van der Waals surface area contributed by atoms with E-state index in [-0.39, 0.29) is 5.56 Å². The molecule has 1 rings (SSSR count). The van der Waals surface area contributed by atoms with Crippen LogP contribution < -0.4 is 4.90 Å². The van der Waals surface area contributed by atoms with Gasteiger partial charge in [-0.05, 0) is 18.2 Å². The molecule has 72 valence electrons. The van der Waals surface area contributed by atoms with Crippen molar-refractivity contribution < 1.29 is 9.90 Å². The maximum Gasteiger partial charge on any atom is 0.335 e. The first-order valence-electron chi connectivity index (χ1n) is 4.00. The van der Waals surface area contributed by atoms with Crippen LogP contribution in [0, 0.1) is 11.3 Å². The number of carboxylic acid groups (broad SMARTS) is 1. The smallest absolute Gasteiger partial charge is 0.335 e. The molecule has 1 N–H and O–H groups in total. The summed E-state index contributed by atoms with van der Waals surface area (Å²) in [6, 6.07) is 6.46. The number of carboxylic acids is 1. The second-order valence-electron chi connectivity index (χ2n) is 3.08. The van der Waals surface area contributed by atoms with Crippen LogP contribution >= 0.6 is 0 Å². The lowest BCUT2D eigenvalue weighted by Gasteiger charge is -2.13. The number of hydrogen-bond acceptors (Lipinski definition) is 3. The molecule has 0 aliphatic heterocycles. The third-order valence-corrected chi connectivity index (χ3v) is 1.81. The van der Waals surface area contributed by atoms with E-state index in [0.29, 0.717) is 11.3 Å². The monoisotopic (exact) mass is 190 g/mol. The molecule has 0 atom stereocenters. The maximum absolute atomic E-state index is 10.7. The predicted molar refractivity (Wildman–Crippen MR) is 52.4 cm³/mol. The Hall–Kier alpha value is -2.02. The zero-order chi connectivity index (χ0) is 10.7. The first kappa shape index (κ1) is 10.1. The molecular weight excluding hydrogens is 180 g/mol. The fourth-order valence-electron chi connectivity index (χ4n) is 1.06. The summed E-state index contributed by atoms with van der Waals surface area (Å²) in [5.74, 6) is -1.02. The summed E-state index contributed by atoms with van der Waals surface area (Å²) < 4.78 is 0. The van der Waals surface area contributed by atoms with Crippen molar-refractivity contribution in [1.82, 2.24) is 0 Å². The molecule has 14 heavy (non-hydrogen) atoms. The molecule has 4 heteroatoms. The van der Waals surface area contributed by atoms with Gasteiger partial charge in [0.15, 0.2) is 0 Å². The number of nitrogens with zero attached hydrogens (tertiary/aromatic N) is 2. The fourth-order valence-corrected chi connectivity index (χ4v) is 1.06.